The lowest BCUT2D eigenvalue weighted by Crippen LogP contribution is -2.15. The smallest absolute Gasteiger partial charge is 0.337 e. The fraction of sp³-hybridized carbons (Fsp3) is 0.273. The Morgan fingerprint density at radius 1 is 1.35 bits per heavy atom. The van der Waals surface area contributed by atoms with Gasteiger partial charge in [0.15, 0.2) is 11.9 Å². The molecule has 0 aromatic heterocycles. The van der Waals surface area contributed by atoms with Gasteiger partial charge < -0.3 is 10.2 Å². The average Bonchev–Trinajstić information content (AvgIpc) is 2.26. The van der Waals surface area contributed by atoms with Crippen LogP contribution in [0, 0.1) is 5.82 Å². The first-order valence-electron chi connectivity index (χ1n) is 4.69. The Kier molecular flexibility index (Phi) is 4.20. The zero-order chi connectivity index (χ0) is 13.2. The molecule has 1 rings (SSSR count). The third kappa shape index (κ3) is 3.01. The van der Waals surface area contributed by atoms with Crippen molar-refractivity contribution in [3.8, 4) is 0 Å². The van der Waals surface area contributed by atoms with Crippen LogP contribution in [-0.2, 0) is 9.59 Å². The standard InChI is InChI=1S/C11H10ClFO4/c1-5(14)9(12)7-3-2-6(13)4-8(7)10(15)11(16)17/h2-4,9-10,15H,1H3,(H,16,17). The summed E-state index contributed by atoms with van der Waals surface area (Å²) in [5.41, 5.74) is -0.122. The summed E-state index contributed by atoms with van der Waals surface area (Å²) in [5, 5.41) is 17.0. The van der Waals surface area contributed by atoms with E-state index in [1.807, 2.05) is 0 Å². The lowest BCUT2D eigenvalue weighted by Gasteiger charge is -2.15. The molecule has 0 aliphatic rings. The first kappa shape index (κ1) is 13.6. The maximum atomic E-state index is 13.0. The SMILES string of the molecule is CC(=O)C(Cl)c1ccc(F)cc1C(O)C(=O)O. The van der Waals surface area contributed by atoms with Gasteiger partial charge in [-0.3, -0.25) is 4.79 Å². The van der Waals surface area contributed by atoms with E-state index in [2.05, 4.69) is 0 Å². The van der Waals surface area contributed by atoms with E-state index in [0.29, 0.717) is 0 Å². The molecule has 0 radical (unpaired) electrons. The Balaban J connectivity index is 3.30. The normalized spacial score (nSPS) is 14.1. The van der Waals surface area contributed by atoms with Gasteiger partial charge in [0, 0.05) is 0 Å². The average molecular weight is 261 g/mol. The Bertz CT molecular complexity index is 461. The number of benzene rings is 1. The van der Waals surface area contributed by atoms with Gasteiger partial charge in [0.05, 0.1) is 0 Å². The summed E-state index contributed by atoms with van der Waals surface area (Å²) in [6.45, 7) is 1.22. The summed E-state index contributed by atoms with van der Waals surface area (Å²) in [6.07, 6.45) is -1.92. The number of ketones is 1. The van der Waals surface area contributed by atoms with E-state index < -0.39 is 29.1 Å². The van der Waals surface area contributed by atoms with E-state index in [9.17, 15) is 19.1 Å². The lowest BCUT2D eigenvalue weighted by atomic mass is 9.98. The van der Waals surface area contributed by atoms with Crippen LogP contribution in [0.3, 0.4) is 0 Å². The highest BCUT2D eigenvalue weighted by atomic mass is 35.5. The fourth-order valence-corrected chi connectivity index (χ4v) is 1.56. The van der Waals surface area contributed by atoms with E-state index in [1.165, 1.54) is 13.0 Å². The predicted octanol–water partition coefficient (Wildman–Crippen LogP) is 1.81. The maximum absolute atomic E-state index is 13.0. The fourth-order valence-electron chi connectivity index (χ4n) is 1.37. The van der Waals surface area contributed by atoms with Crippen molar-refractivity contribution < 1.29 is 24.2 Å². The van der Waals surface area contributed by atoms with E-state index in [4.69, 9.17) is 16.7 Å². The molecule has 0 aliphatic carbocycles. The molecule has 4 nitrogen and oxygen atoms in total. The van der Waals surface area contributed by atoms with Gasteiger partial charge in [-0.05, 0) is 30.2 Å². The summed E-state index contributed by atoms with van der Waals surface area (Å²) in [7, 11) is 0. The summed E-state index contributed by atoms with van der Waals surface area (Å²) in [6, 6.07) is 3.09. The van der Waals surface area contributed by atoms with Gasteiger partial charge >= 0.3 is 5.97 Å². The molecule has 0 aliphatic heterocycles. The molecule has 0 saturated heterocycles. The molecule has 1 aromatic rings. The molecule has 17 heavy (non-hydrogen) atoms. The van der Waals surface area contributed by atoms with Crippen LogP contribution in [0.15, 0.2) is 18.2 Å². The molecular weight excluding hydrogens is 251 g/mol. The topological polar surface area (TPSA) is 74.6 Å². The van der Waals surface area contributed by atoms with Gasteiger partial charge in [-0.1, -0.05) is 6.07 Å². The Labute approximate surface area is 102 Å². The largest absolute Gasteiger partial charge is 0.479 e. The number of alkyl halides is 1. The summed E-state index contributed by atoms with van der Waals surface area (Å²) < 4.78 is 13.0. The van der Waals surface area contributed by atoms with Gasteiger partial charge in [0.2, 0.25) is 0 Å². The zero-order valence-corrected chi connectivity index (χ0v) is 9.61. The van der Waals surface area contributed by atoms with Crippen LogP contribution >= 0.6 is 11.6 Å². The molecule has 2 unspecified atom stereocenters. The second-order valence-corrected chi connectivity index (χ2v) is 3.92. The van der Waals surface area contributed by atoms with Crippen molar-refractivity contribution in [1.82, 2.24) is 0 Å². The lowest BCUT2D eigenvalue weighted by molar-refractivity contribution is -0.147. The number of carboxylic acids is 1. The van der Waals surface area contributed by atoms with Crippen LogP contribution < -0.4 is 0 Å². The van der Waals surface area contributed by atoms with Crippen LogP contribution in [0.5, 0.6) is 0 Å². The van der Waals surface area contributed by atoms with Crippen LogP contribution in [0.4, 0.5) is 4.39 Å². The minimum atomic E-state index is -1.92. The highest BCUT2D eigenvalue weighted by molar-refractivity contribution is 6.30. The third-order valence-corrected chi connectivity index (χ3v) is 2.75. The van der Waals surface area contributed by atoms with E-state index in [-0.39, 0.29) is 11.1 Å². The molecule has 2 atom stereocenters. The molecular formula is C11H10ClFO4. The molecule has 2 N–H and O–H groups in total. The molecule has 0 fully saturated rings. The van der Waals surface area contributed by atoms with Crippen molar-refractivity contribution >= 4 is 23.4 Å². The molecule has 0 saturated carbocycles. The predicted molar refractivity (Wildman–Crippen MR) is 58.3 cm³/mol. The Hall–Kier alpha value is -1.46. The number of hydrogen-bond donors (Lipinski definition) is 2. The van der Waals surface area contributed by atoms with Crippen molar-refractivity contribution in [1.29, 1.82) is 0 Å². The zero-order valence-electron chi connectivity index (χ0n) is 8.85. The van der Waals surface area contributed by atoms with Crippen molar-refractivity contribution in [3.05, 3.63) is 35.1 Å². The number of carbonyl (C=O) groups excluding carboxylic acids is 1. The number of aliphatic hydroxyl groups excluding tert-OH is 1. The molecule has 1 aromatic carbocycles. The number of carboxylic acid groups (broad SMARTS) is 1. The van der Waals surface area contributed by atoms with E-state index in [1.54, 1.807) is 0 Å². The van der Waals surface area contributed by atoms with Crippen molar-refractivity contribution in [2.45, 2.75) is 18.4 Å². The van der Waals surface area contributed by atoms with Gasteiger partial charge in [-0.2, -0.15) is 0 Å². The number of Topliss-reactive ketones (excluding diaryl/α,β-unsaturated/α-hetero) is 1. The van der Waals surface area contributed by atoms with Crippen molar-refractivity contribution in [3.63, 3.8) is 0 Å². The molecule has 0 bridgehead atoms. The Morgan fingerprint density at radius 3 is 2.41 bits per heavy atom. The maximum Gasteiger partial charge on any atom is 0.337 e. The summed E-state index contributed by atoms with van der Waals surface area (Å²) in [5.74, 6) is -2.67. The second-order valence-electron chi connectivity index (χ2n) is 3.49. The highest BCUT2D eigenvalue weighted by Gasteiger charge is 2.25. The number of halogens is 2. The number of hydrogen-bond acceptors (Lipinski definition) is 3. The van der Waals surface area contributed by atoms with Crippen molar-refractivity contribution in [2.75, 3.05) is 0 Å². The van der Waals surface area contributed by atoms with Gasteiger partial charge in [0.25, 0.3) is 0 Å². The van der Waals surface area contributed by atoms with Crippen LogP contribution in [-0.4, -0.2) is 22.0 Å². The minimum Gasteiger partial charge on any atom is -0.479 e. The molecule has 0 spiro atoms. The van der Waals surface area contributed by atoms with Gasteiger partial charge in [0.1, 0.15) is 11.2 Å². The third-order valence-electron chi connectivity index (χ3n) is 2.21. The number of carbonyl (C=O) groups is 2. The molecule has 92 valence electrons. The molecule has 0 heterocycles. The number of rotatable bonds is 4. The molecule has 0 amide bonds. The summed E-state index contributed by atoms with van der Waals surface area (Å²) >= 11 is 5.77. The van der Waals surface area contributed by atoms with Gasteiger partial charge in [-0.25, -0.2) is 9.18 Å². The van der Waals surface area contributed by atoms with Gasteiger partial charge in [-0.15, -0.1) is 11.6 Å². The second kappa shape index (κ2) is 5.25. The van der Waals surface area contributed by atoms with Crippen LogP contribution in [0.25, 0.3) is 0 Å². The van der Waals surface area contributed by atoms with Crippen LogP contribution in [0.1, 0.15) is 29.5 Å². The quantitative estimate of drug-likeness (QED) is 0.810. The monoisotopic (exact) mass is 260 g/mol. The summed E-state index contributed by atoms with van der Waals surface area (Å²) in [4.78, 5) is 21.8. The Morgan fingerprint density at radius 2 is 1.94 bits per heavy atom. The molecule has 6 heteroatoms. The van der Waals surface area contributed by atoms with Crippen LogP contribution in [0.2, 0.25) is 0 Å². The first-order chi connectivity index (χ1) is 7.84. The first-order valence-corrected chi connectivity index (χ1v) is 5.13. The number of aliphatic hydroxyl groups is 1. The minimum absolute atomic E-state index is 0.0930. The highest BCUT2D eigenvalue weighted by Crippen LogP contribution is 2.29. The van der Waals surface area contributed by atoms with E-state index >= 15 is 0 Å². The van der Waals surface area contributed by atoms with E-state index in [0.717, 1.165) is 12.1 Å². The number of aliphatic carboxylic acids is 1. The van der Waals surface area contributed by atoms with Crippen molar-refractivity contribution in [2.24, 2.45) is 0 Å².